The van der Waals surface area contributed by atoms with E-state index >= 15 is 0 Å². The molecule has 0 aliphatic heterocycles. The van der Waals surface area contributed by atoms with E-state index in [0.29, 0.717) is 0 Å². The third-order valence-corrected chi connectivity index (χ3v) is 2.16. The molecule has 1 nitrogen and oxygen atoms in total. The smallest absolute Gasteiger partial charge is 0.0221 e. The largest absolute Gasteiger partial charge is 0.310 e. The average molecular weight is 140 g/mol. The van der Waals surface area contributed by atoms with Crippen LogP contribution in [0.25, 0.3) is 0 Å². The molecule has 0 spiro atoms. The lowest BCUT2D eigenvalue weighted by atomic mass is 9.95. The van der Waals surface area contributed by atoms with Crippen molar-refractivity contribution in [3.05, 3.63) is 6.54 Å². The number of hydrogen-bond donors (Lipinski definition) is 1. The Morgan fingerprint density at radius 3 is 2.60 bits per heavy atom. The molecule has 10 heavy (non-hydrogen) atoms. The zero-order valence-electron chi connectivity index (χ0n) is 6.90. The fourth-order valence-electron chi connectivity index (χ4n) is 1.55. The SMILES string of the molecule is CC[CH]NC1CCCCC1. The minimum Gasteiger partial charge on any atom is -0.310 e. The minimum absolute atomic E-state index is 0.800. The second-order valence-electron chi connectivity index (χ2n) is 3.11. The van der Waals surface area contributed by atoms with Gasteiger partial charge in [0.05, 0.1) is 0 Å². The van der Waals surface area contributed by atoms with E-state index in [9.17, 15) is 0 Å². The maximum atomic E-state index is 3.45. The van der Waals surface area contributed by atoms with Crippen LogP contribution in [0.15, 0.2) is 0 Å². The van der Waals surface area contributed by atoms with E-state index in [2.05, 4.69) is 18.8 Å². The second-order valence-corrected chi connectivity index (χ2v) is 3.11. The lowest BCUT2D eigenvalue weighted by Crippen LogP contribution is -2.28. The zero-order chi connectivity index (χ0) is 7.23. The first-order chi connectivity index (χ1) is 4.93. The summed E-state index contributed by atoms with van der Waals surface area (Å²) in [4.78, 5) is 0. The van der Waals surface area contributed by atoms with Crippen molar-refractivity contribution in [1.29, 1.82) is 0 Å². The number of hydrogen-bond acceptors (Lipinski definition) is 1. The van der Waals surface area contributed by atoms with E-state index in [1.54, 1.807) is 0 Å². The van der Waals surface area contributed by atoms with Gasteiger partial charge in [-0.2, -0.15) is 0 Å². The van der Waals surface area contributed by atoms with E-state index in [1.165, 1.54) is 32.1 Å². The standard InChI is InChI=1S/C9H18N/c1-2-8-10-9-6-4-3-5-7-9/h8-10H,2-7H2,1H3. The predicted molar refractivity (Wildman–Crippen MR) is 44.6 cm³/mol. The normalized spacial score (nSPS) is 21.3. The highest BCUT2D eigenvalue weighted by atomic mass is 14.9. The molecule has 1 fully saturated rings. The Balaban J connectivity index is 2.02. The lowest BCUT2D eigenvalue weighted by Gasteiger charge is -2.22. The quantitative estimate of drug-likeness (QED) is 0.635. The fourth-order valence-corrected chi connectivity index (χ4v) is 1.55. The molecule has 59 valence electrons. The Labute approximate surface area is 64.2 Å². The van der Waals surface area contributed by atoms with Crippen molar-refractivity contribution >= 4 is 0 Å². The van der Waals surface area contributed by atoms with Gasteiger partial charge >= 0.3 is 0 Å². The predicted octanol–water partition coefficient (Wildman–Crippen LogP) is 2.48. The van der Waals surface area contributed by atoms with Crippen LogP contribution in [0.5, 0.6) is 0 Å². The van der Waals surface area contributed by atoms with Crippen LogP contribution in [0.1, 0.15) is 45.4 Å². The molecule has 1 aliphatic rings. The van der Waals surface area contributed by atoms with Gasteiger partial charge in [-0.05, 0) is 19.3 Å². The molecule has 1 rings (SSSR count). The van der Waals surface area contributed by atoms with Crippen molar-refractivity contribution in [2.45, 2.75) is 51.5 Å². The zero-order valence-corrected chi connectivity index (χ0v) is 6.90. The van der Waals surface area contributed by atoms with E-state index in [4.69, 9.17) is 0 Å². The Hall–Kier alpha value is -0.0400. The Kier molecular flexibility index (Phi) is 3.81. The highest BCUT2D eigenvalue weighted by Crippen LogP contribution is 2.17. The molecule has 0 bridgehead atoms. The van der Waals surface area contributed by atoms with Crippen LogP contribution >= 0.6 is 0 Å². The van der Waals surface area contributed by atoms with E-state index in [1.807, 2.05) is 0 Å². The summed E-state index contributed by atoms with van der Waals surface area (Å²) >= 11 is 0. The average Bonchev–Trinajstić information content (AvgIpc) is 2.03. The molecule has 1 saturated carbocycles. The molecular weight excluding hydrogens is 122 g/mol. The molecule has 0 aromatic carbocycles. The van der Waals surface area contributed by atoms with Crippen LogP contribution in [0, 0.1) is 6.54 Å². The summed E-state index contributed by atoms with van der Waals surface area (Å²) in [7, 11) is 0. The molecule has 0 aromatic heterocycles. The van der Waals surface area contributed by atoms with Gasteiger partial charge in [0.1, 0.15) is 0 Å². The molecule has 0 aromatic rings. The Morgan fingerprint density at radius 1 is 1.30 bits per heavy atom. The third-order valence-electron chi connectivity index (χ3n) is 2.16. The molecule has 0 unspecified atom stereocenters. The first-order valence-electron chi connectivity index (χ1n) is 4.51. The Morgan fingerprint density at radius 2 is 2.00 bits per heavy atom. The van der Waals surface area contributed by atoms with Crippen molar-refractivity contribution in [2.75, 3.05) is 0 Å². The van der Waals surface area contributed by atoms with Gasteiger partial charge in [0, 0.05) is 12.6 Å². The first-order valence-corrected chi connectivity index (χ1v) is 4.51. The van der Waals surface area contributed by atoms with Gasteiger partial charge in [-0.1, -0.05) is 26.2 Å². The number of nitrogens with one attached hydrogen (secondary N) is 1. The summed E-state index contributed by atoms with van der Waals surface area (Å²) in [6.07, 6.45) is 8.22. The molecule has 0 saturated heterocycles. The van der Waals surface area contributed by atoms with Gasteiger partial charge in [0.25, 0.3) is 0 Å². The van der Waals surface area contributed by atoms with Gasteiger partial charge in [-0.3, -0.25) is 0 Å². The molecule has 1 radical (unpaired) electrons. The topological polar surface area (TPSA) is 12.0 Å². The van der Waals surface area contributed by atoms with Crippen molar-refractivity contribution in [1.82, 2.24) is 5.32 Å². The van der Waals surface area contributed by atoms with E-state index < -0.39 is 0 Å². The van der Waals surface area contributed by atoms with Gasteiger partial charge in [0.15, 0.2) is 0 Å². The van der Waals surface area contributed by atoms with Crippen molar-refractivity contribution in [3.8, 4) is 0 Å². The Bertz CT molecular complexity index is 74.8. The summed E-state index contributed by atoms with van der Waals surface area (Å²) in [5, 5.41) is 3.45. The summed E-state index contributed by atoms with van der Waals surface area (Å²) < 4.78 is 0. The minimum atomic E-state index is 0.800. The molecule has 0 amide bonds. The molecule has 0 atom stereocenters. The van der Waals surface area contributed by atoms with Crippen LogP contribution in [-0.4, -0.2) is 6.04 Å². The third kappa shape index (κ3) is 2.70. The maximum absolute atomic E-state index is 3.45. The van der Waals surface area contributed by atoms with Crippen LogP contribution in [0.3, 0.4) is 0 Å². The molecule has 1 aliphatic carbocycles. The molecular formula is C9H18N. The summed E-state index contributed by atoms with van der Waals surface area (Å²) in [6.45, 7) is 4.37. The van der Waals surface area contributed by atoms with E-state index in [0.717, 1.165) is 12.5 Å². The summed E-state index contributed by atoms with van der Waals surface area (Å²) in [5.41, 5.74) is 0. The summed E-state index contributed by atoms with van der Waals surface area (Å²) in [6, 6.07) is 0.800. The van der Waals surface area contributed by atoms with Crippen molar-refractivity contribution in [2.24, 2.45) is 0 Å². The fraction of sp³-hybridized carbons (Fsp3) is 0.889. The van der Waals surface area contributed by atoms with Crippen LogP contribution in [0.4, 0.5) is 0 Å². The first kappa shape index (κ1) is 8.06. The van der Waals surface area contributed by atoms with Crippen LogP contribution in [0.2, 0.25) is 0 Å². The molecule has 0 heterocycles. The molecule has 1 heteroatoms. The van der Waals surface area contributed by atoms with Gasteiger partial charge in [-0.15, -0.1) is 0 Å². The van der Waals surface area contributed by atoms with Gasteiger partial charge in [-0.25, -0.2) is 0 Å². The van der Waals surface area contributed by atoms with Crippen LogP contribution in [-0.2, 0) is 0 Å². The molecule has 1 N–H and O–H groups in total. The second kappa shape index (κ2) is 4.73. The lowest BCUT2D eigenvalue weighted by molar-refractivity contribution is 0.391. The summed E-state index contributed by atoms with van der Waals surface area (Å²) in [5.74, 6) is 0. The highest BCUT2D eigenvalue weighted by Gasteiger charge is 2.10. The van der Waals surface area contributed by atoms with Crippen LogP contribution < -0.4 is 5.32 Å². The van der Waals surface area contributed by atoms with Gasteiger partial charge < -0.3 is 5.32 Å². The monoisotopic (exact) mass is 140 g/mol. The number of rotatable bonds is 3. The van der Waals surface area contributed by atoms with Crippen molar-refractivity contribution in [3.63, 3.8) is 0 Å². The van der Waals surface area contributed by atoms with E-state index in [-0.39, 0.29) is 0 Å². The highest BCUT2D eigenvalue weighted by molar-refractivity contribution is 4.74. The maximum Gasteiger partial charge on any atom is 0.0221 e. The van der Waals surface area contributed by atoms with Gasteiger partial charge in [0.2, 0.25) is 0 Å². The van der Waals surface area contributed by atoms with Crippen molar-refractivity contribution < 1.29 is 0 Å².